The summed E-state index contributed by atoms with van der Waals surface area (Å²) < 4.78 is 26.5. The zero-order chi connectivity index (χ0) is 14.7. The smallest absolute Gasteiger partial charge is 0.338 e. The van der Waals surface area contributed by atoms with Gasteiger partial charge in [0.25, 0.3) is 0 Å². The highest BCUT2D eigenvalue weighted by Crippen LogP contribution is 2.29. The Morgan fingerprint density at radius 1 is 1.25 bits per heavy atom. The summed E-state index contributed by atoms with van der Waals surface area (Å²) in [6, 6.07) is 7.86. The van der Waals surface area contributed by atoms with Gasteiger partial charge in [-0.2, -0.15) is 0 Å². The van der Waals surface area contributed by atoms with Gasteiger partial charge >= 0.3 is 5.97 Å². The van der Waals surface area contributed by atoms with E-state index in [0.29, 0.717) is 5.56 Å². The molecule has 0 aromatic heterocycles. The van der Waals surface area contributed by atoms with Gasteiger partial charge < -0.3 is 10.8 Å². The highest BCUT2D eigenvalue weighted by molar-refractivity contribution is 7.98. The number of carbonyl (C=O) groups is 1. The quantitative estimate of drug-likeness (QED) is 0.669. The first kappa shape index (κ1) is 14.3. The van der Waals surface area contributed by atoms with E-state index in [0.717, 1.165) is 30.0 Å². The normalized spacial score (nSPS) is 10.5. The van der Waals surface area contributed by atoms with Crippen molar-refractivity contribution in [3.05, 3.63) is 59.2 Å². The molecule has 0 saturated heterocycles. The van der Waals surface area contributed by atoms with Crippen molar-refractivity contribution >= 4 is 23.4 Å². The second-order valence-corrected chi connectivity index (χ2v) is 5.07. The van der Waals surface area contributed by atoms with Gasteiger partial charge in [-0.15, -0.1) is 11.8 Å². The molecule has 0 unspecified atom stereocenters. The van der Waals surface area contributed by atoms with Crippen LogP contribution in [0.3, 0.4) is 0 Å². The number of anilines is 1. The molecule has 0 atom stereocenters. The minimum atomic E-state index is -1.14. The van der Waals surface area contributed by atoms with E-state index in [1.54, 1.807) is 12.1 Å². The second-order valence-electron chi connectivity index (χ2n) is 4.05. The number of rotatable bonds is 4. The molecule has 2 aromatic carbocycles. The van der Waals surface area contributed by atoms with Crippen LogP contribution in [0.1, 0.15) is 15.9 Å². The van der Waals surface area contributed by atoms with Crippen molar-refractivity contribution in [2.75, 3.05) is 5.73 Å². The fraction of sp³-hybridized carbons (Fsp3) is 0.0714. The standard InChI is InChI=1S/C14H11F2NO2S/c15-9-4-5-10(16)12(6-9)20-7-8-2-1-3-11(17)13(8)14(18)19/h1-6H,7,17H2,(H,18,19). The van der Waals surface area contributed by atoms with Crippen molar-refractivity contribution in [2.45, 2.75) is 10.6 Å². The Bertz CT molecular complexity index is 662. The monoisotopic (exact) mass is 295 g/mol. The van der Waals surface area contributed by atoms with Crippen LogP contribution in [0.5, 0.6) is 0 Å². The van der Waals surface area contributed by atoms with E-state index in [-0.39, 0.29) is 21.9 Å². The largest absolute Gasteiger partial charge is 0.478 e. The minimum absolute atomic E-state index is 0.00295. The van der Waals surface area contributed by atoms with Gasteiger partial charge in [0.1, 0.15) is 11.6 Å². The first-order chi connectivity index (χ1) is 9.49. The molecule has 0 aliphatic heterocycles. The highest BCUT2D eigenvalue weighted by atomic mass is 32.2. The lowest BCUT2D eigenvalue weighted by molar-refractivity contribution is 0.0697. The Morgan fingerprint density at radius 3 is 2.70 bits per heavy atom. The van der Waals surface area contributed by atoms with Crippen LogP contribution in [0.15, 0.2) is 41.3 Å². The molecule has 3 N–H and O–H groups in total. The van der Waals surface area contributed by atoms with Crippen LogP contribution in [-0.4, -0.2) is 11.1 Å². The SMILES string of the molecule is Nc1cccc(CSc2cc(F)ccc2F)c1C(=O)O. The average Bonchev–Trinajstić information content (AvgIpc) is 2.39. The molecule has 0 bridgehead atoms. The lowest BCUT2D eigenvalue weighted by Crippen LogP contribution is -2.06. The third kappa shape index (κ3) is 3.08. The van der Waals surface area contributed by atoms with Gasteiger partial charge in [0.2, 0.25) is 0 Å². The van der Waals surface area contributed by atoms with Crippen LogP contribution in [0, 0.1) is 11.6 Å². The number of hydrogen-bond acceptors (Lipinski definition) is 3. The number of nitrogen functional groups attached to an aromatic ring is 1. The number of aromatic carboxylic acids is 1. The van der Waals surface area contributed by atoms with Crippen molar-refractivity contribution in [1.29, 1.82) is 0 Å². The summed E-state index contributed by atoms with van der Waals surface area (Å²) in [4.78, 5) is 11.3. The van der Waals surface area contributed by atoms with Crippen molar-refractivity contribution in [3.8, 4) is 0 Å². The Balaban J connectivity index is 2.25. The zero-order valence-corrected chi connectivity index (χ0v) is 11.1. The zero-order valence-electron chi connectivity index (χ0n) is 10.3. The maximum atomic E-state index is 13.5. The summed E-state index contributed by atoms with van der Waals surface area (Å²) in [6.45, 7) is 0. The molecule has 0 aliphatic rings. The first-order valence-electron chi connectivity index (χ1n) is 5.67. The number of thioether (sulfide) groups is 1. The Labute approximate surface area is 118 Å². The molecule has 6 heteroatoms. The molecule has 3 nitrogen and oxygen atoms in total. The van der Waals surface area contributed by atoms with E-state index in [2.05, 4.69) is 0 Å². The van der Waals surface area contributed by atoms with Gasteiger partial charge in [-0.05, 0) is 29.8 Å². The molecule has 0 saturated carbocycles. The lowest BCUT2D eigenvalue weighted by Gasteiger charge is -2.09. The van der Waals surface area contributed by atoms with E-state index < -0.39 is 17.6 Å². The van der Waals surface area contributed by atoms with E-state index in [1.807, 2.05) is 0 Å². The van der Waals surface area contributed by atoms with Crippen molar-refractivity contribution in [1.82, 2.24) is 0 Å². The molecular formula is C14H11F2NO2S. The Morgan fingerprint density at radius 2 is 2.00 bits per heavy atom. The fourth-order valence-corrected chi connectivity index (χ4v) is 2.70. The number of hydrogen-bond donors (Lipinski definition) is 2. The van der Waals surface area contributed by atoms with Crippen LogP contribution in [0.2, 0.25) is 0 Å². The van der Waals surface area contributed by atoms with Gasteiger partial charge in [0.15, 0.2) is 0 Å². The molecule has 0 spiro atoms. The van der Waals surface area contributed by atoms with E-state index in [4.69, 9.17) is 10.8 Å². The van der Waals surface area contributed by atoms with Gasteiger partial charge in [0.05, 0.1) is 5.56 Å². The first-order valence-corrected chi connectivity index (χ1v) is 6.66. The number of carboxylic acid groups (broad SMARTS) is 1. The molecule has 20 heavy (non-hydrogen) atoms. The molecule has 2 aromatic rings. The van der Waals surface area contributed by atoms with Crippen LogP contribution in [-0.2, 0) is 5.75 Å². The Kier molecular flexibility index (Phi) is 4.24. The summed E-state index contributed by atoms with van der Waals surface area (Å²) in [5.41, 5.74) is 6.23. The molecule has 0 amide bonds. The molecular weight excluding hydrogens is 284 g/mol. The minimum Gasteiger partial charge on any atom is -0.478 e. The third-order valence-corrected chi connectivity index (χ3v) is 3.75. The Hall–Kier alpha value is -2.08. The van der Waals surface area contributed by atoms with Gasteiger partial charge in [-0.25, -0.2) is 13.6 Å². The summed E-state index contributed by atoms with van der Waals surface area (Å²) in [5.74, 6) is -2.04. The summed E-state index contributed by atoms with van der Waals surface area (Å²) >= 11 is 1.02. The predicted molar refractivity (Wildman–Crippen MR) is 73.7 cm³/mol. The second kappa shape index (κ2) is 5.92. The van der Waals surface area contributed by atoms with E-state index in [1.165, 1.54) is 6.07 Å². The number of carboxylic acids is 1. The van der Waals surface area contributed by atoms with Crippen LogP contribution < -0.4 is 5.73 Å². The third-order valence-electron chi connectivity index (χ3n) is 2.67. The highest BCUT2D eigenvalue weighted by Gasteiger charge is 2.14. The molecule has 0 fully saturated rings. The van der Waals surface area contributed by atoms with Gasteiger partial charge in [-0.3, -0.25) is 0 Å². The van der Waals surface area contributed by atoms with Crippen LogP contribution in [0.4, 0.5) is 14.5 Å². The summed E-state index contributed by atoms with van der Waals surface area (Å²) in [7, 11) is 0. The van der Waals surface area contributed by atoms with Crippen molar-refractivity contribution in [3.63, 3.8) is 0 Å². The lowest BCUT2D eigenvalue weighted by atomic mass is 10.1. The van der Waals surface area contributed by atoms with Crippen LogP contribution >= 0.6 is 11.8 Å². The molecule has 0 heterocycles. The predicted octanol–water partition coefficient (Wildman–Crippen LogP) is 3.54. The van der Waals surface area contributed by atoms with Crippen molar-refractivity contribution in [2.24, 2.45) is 0 Å². The molecule has 0 radical (unpaired) electrons. The van der Waals surface area contributed by atoms with E-state index >= 15 is 0 Å². The van der Waals surface area contributed by atoms with E-state index in [9.17, 15) is 13.6 Å². The topological polar surface area (TPSA) is 63.3 Å². The molecule has 2 rings (SSSR count). The van der Waals surface area contributed by atoms with Crippen molar-refractivity contribution < 1.29 is 18.7 Å². The van der Waals surface area contributed by atoms with Gasteiger partial charge in [-0.1, -0.05) is 12.1 Å². The van der Waals surface area contributed by atoms with Crippen LogP contribution in [0.25, 0.3) is 0 Å². The summed E-state index contributed by atoms with van der Waals surface area (Å²) in [5, 5.41) is 9.12. The maximum Gasteiger partial charge on any atom is 0.338 e. The van der Waals surface area contributed by atoms with Gasteiger partial charge in [0, 0.05) is 16.3 Å². The molecule has 0 aliphatic carbocycles. The number of nitrogens with two attached hydrogens (primary N) is 1. The average molecular weight is 295 g/mol. The fourth-order valence-electron chi connectivity index (χ4n) is 1.74. The maximum absolute atomic E-state index is 13.5. The molecule has 104 valence electrons. The summed E-state index contributed by atoms with van der Waals surface area (Å²) in [6.07, 6.45) is 0. The number of benzene rings is 2. The number of halogens is 2.